The number of amides is 1. The fourth-order valence-corrected chi connectivity index (χ4v) is 4.80. The van der Waals surface area contributed by atoms with E-state index in [0.29, 0.717) is 18.7 Å². The number of benzene rings is 3. The molecule has 2 heterocycles. The first-order valence-corrected chi connectivity index (χ1v) is 12.5. The topological polar surface area (TPSA) is 86.1 Å². The molecule has 1 N–H and O–H groups in total. The molecule has 5 rings (SSSR count). The smallest absolute Gasteiger partial charge is 0.306 e. The van der Waals surface area contributed by atoms with Gasteiger partial charge in [-0.1, -0.05) is 60.7 Å². The SMILES string of the molecule is O=C(COC(=O)CCCc1nc2ccccc2s1)Nc1cc(-c2ccccc2)nn1-c1ccccc1. The summed E-state index contributed by atoms with van der Waals surface area (Å²) in [4.78, 5) is 29.4. The predicted molar refractivity (Wildman–Crippen MR) is 141 cm³/mol. The molecule has 3 aromatic carbocycles. The van der Waals surface area contributed by atoms with Gasteiger partial charge >= 0.3 is 5.97 Å². The van der Waals surface area contributed by atoms with Gasteiger partial charge in [-0.05, 0) is 37.1 Å². The molecule has 8 heteroatoms. The van der Waals surface area contributed by atoms with Gasteiger partial charge in [0.05, 0.1) is 26.6 Å². The van der Waals surface area contributed by atoms with Gasteiger partial charge in [0.25, 0.3) is 5.91 Å². The van der Waals surface area contributed by atoms with Crippen LogP contribution < -0.4 is 5.32 Å². The van der Waals surface area contributed by atoms with Crippen molar-refractivity contribution in [2.24, 2.45) is 0 Å². The minimum absolute atomic E-state index is 0.226. The molecule has 0 unspecified atom stereocenters. The molecule has 36 heavy (non-hydrogen) atoms. The quantitative estimate of drug-likeness (QED) is 0.266. The van der Waals surface area contributed by atoms with Crippen LogP contribution in [0.15, 0.2) is 91.0 Å². The van der Waals surface area contributed by atoms with Crippen LogP contribution >= 0.6 is 11.3 Å². The van der Waals surface area contributed by atoms with Crippen LogP contribution in [0.5, 0.6) is 0 Å². The number of hydrogen-bond donors (Lipinski definition) is 1. The number of thiazole rings is 1. The summed E-state index contributed by atoms with van der Waals surface area (Å²) in [5, 5.41) is 8.49. The lowest BCUT2D eigenvalue weighted by Crippen LogP contribution is -2.22. The lowest BCUT2D eigenvalue weighted by Gasteiger charge is -2.09. The summed E-state index contributed by atoms with van der Waals surface area (Å²) in [5.74, 6) is -0.337. The van der Waals surface area contributed by atoms with Gasteiger partial charge in [-0.2, -0.15) is 5.10 Å². The van der Waals surface area contributed by atoms with Gasteiger partial charge in [-0.25, -0.2) is 9.67 Å². The number of esters is 1. The van der Waals surface area contributed by atoms with E-state index >= 15 is 0 Å². The highest BCUT2D eigenvalue weighted by molar-refractivity contribution is 7.18. The fraction of sp³-hybridized carbons (Fsp3) is 0.143. The molecule has 0 spiro atoms. The molecule has 5 aromatic rings. The number of anilines is 1. The zero-order chi connectivity index (χ0) is 24.7. The van der Waals surface area contributed by atoms with Gasteiger partial charge in [0, 0.05) is 18.1 Å². The van der Waals surface area contributed by atoms with Crippen molar-refractivity contribution in [3.8, 4) is 16.9 Å². The average Bonchev–Trinajstić information content (AvgIpc) is 3.52. The maximum Gasteiger partial charge on any atom is 0.306 e. The molecule has 0 fully saturated rings. The molecule has 0 bridgehead atoms. The number of carbonyl (C=O) groups excluding carboxylic acids is 2. The standard InChI is InChI=1S/C28H24N4O3S/c33-26(19-35-28(34)17-9-16-27-29-22-14-7-8-15-24(22)36-27)30-25-18-23(20-10-3-1-4-11-20)31-32(25)21-12-5-2-6-13-21/h1-8,10-15,18H,9,16-17,19H2,(H,30,33). The van der Waals surface area contributed by atoms with Gasteiger partial charge < -0.3 is 10.1 Å². The second-order valence-electron chi connectivity index (χ2n) is 8.17. The molecule has 0 aliphatic rings. The molecule has 0 saturated carbocycles. The maximum absolute atomic E-state index is 12.6. The van der Waals surface area contributed by atoms with Crippen molar-refractivity contribution in [1.29, 1.82) is 0 Å². The van der Waals surface area contributed by atoms with E-state index in [2.05, 4.69) is 15.4 Å². The molecular weight excluding hydrogens is 472 g/mol. The minimum atomic E-state index is -0.425. The van der Waals surface area contributed by atoms with E-state index in [1.165, 1.54) is 0 Å². The number of nitrogens with one attached hydrogen (secondary N) is 1. The molecule has 180 valence electrons. The molecule has 0 saturated heterocycles. The lowest BCUT2D eigenvalue weighted by atomic mass is 10.2. The summed E-state index contributed by atoms with van der Waals surface area (Å²) >= 11 is 1.63. The van der Waals surface area contributed by atoms with Crippen molar-refractivity contribution >= 4 is 39.2 Å². The summed E-state index contributed by atoms with van der Waals surface area (Å²) in [5.41, 5.74) is 3.44. The first-order valence-electron chi connectivity index (χ1n) is 11.7. The summed E-state index contributed by atoms with van der Waals surface area (Å²) in [6.07, 6.45) is 1.53. The normalized spacial score (nSPS) is 10.9. The van der Waals surface area contributed by atoms with E-state index in [1.54, 1.807) is 22.1 Å². The Morgan fingerprint density at radius 1 is 0.917 bits per heavy atom. The van der Waals surface area contributed by atoms with Gasteiger partial charge in [0.15, 0.2) is 6.61 Å². The van der Waals surface area contributed by atoms with Crippen LogP contribution in [0.2, 0.25) is 0 Å². The van der Waals surface area contributed by atoms with E-state index in [0.717, 1.165) is 32.2 Å². The lowest BCUT2D eigenvalue weighted by molar-refractivity contribution is -0.147. The Hall–Kier alpha value is -4.30. The molecule has 2 aromatic heterocycles. The van der Waals surface area contributed by atoms with Crippen molar-refractivity contribution in [1.82, 2.24) is 14.8 Å². The van der Waals surface area contributed by atoms with E-state index < -0.39 is 11.9 Å². The van der Waals surface area contributed by atoms with Crippen molar-refractivity contribution < 1.29 is 14.3 Å². The molecule has 7 nitrogen and oxygen atoms in total. The Bertz CT molecular complexity index is 1450. The maximum atomic E-state index is 12.6. The number of fused-ring (bicyclic) bond motifs is 1. The predicted octanol–water partition coefficient (Wildman–Crippen LogP) is 5.65. The van der Waals surface area contributed by atoms with Crippen LogP contribution in [0.4, 0.5) is 5.82 Å². The number of rotatable bonds is 9. The first kappa shape index (κ1) is 23.4. The third kappa shape index (κ3) is 5.67. The molecule has 0 radical (unpaired) electrons. The van der Waals surface area contributed by atoms with E-state index in [-0.39, 0.29) is 13.0 Å². The van der Waals surface area contributed by atoms with E-state index in [1.807, 2.05) is 84.9 Å². The van der Waals surface area contributed by atoms with Crippen LogP contribution in [-0.4, -0.2) is 33.2 Å². The highest BCUT2D eigenvalue weighted by Gasteiger charge is 2.15. The summed E-state index contributed by atoms with van der Waals surface area (Å²) in [6.45, 7) is -0.361. The van der Waals surface area contributed by atoms with Gasteiger partial charge in [-0.15, -0.1) is 11.3 Å². The number of carbonyl (C=O) groups is 2. The number of hydrogen-bond acceptors (Lipinski definition) is 6. The Labute approximate surface area is 212 Å². The Kier molecular flexibility index (Phi) is 7.14. The third-order valence-corrected chi connectivity index (χ3v) is 6.62. The van der Waals surface area contributed by atoms with Crippen LogP contribution in [0.3, 0.4) is 0 Å². The first-order chi connectivity index (χ1) is 17.7. The average molecular weight is 497 g/mol. The van der Waals surface area contributed by atoms with E-state index in [4.69, 9.17) is 4.74 Å². The van der Waals surface area contributed by atoms with Crippen molar-refractivity contribution in [3.05, 3.63) is 96.0 Å². The Morgan fingerprint density at radius 3 is 2.42 bits per heavy atom. The monoisotopic (exact) mass is 496 g/mol. The van der Waals surface area contributed by atoms with Crippen LogP contribution in [0, 0.1) is 0 Å². The van der Waals surface area contributed by atoms with Gasteiger partial charge in [0.1, 0.15) is 5.82 Å². The van der Waals surface area contributed by atoms with Crippen LogP contribution in [-0.2, 0) is 20.7 Å². The highest BCUT2D eigenvalue weighted by Crippen LogP contribution is 2.25. The van der Waals surface area contributed by atoms with Crippen molar-refractivity contribution in [2.45, 2.75) is 19.3 Å². The largest absolute Gasteiger partial charge is 0.456 e. The number of ether oxygens (including phenoxy) is 1. The molecule has 0 atom stereocenters. The number of aryl methyl sites for hydroxylation is 1. The molecule has 0 aliphatic carbocycles. The van der Waals surface area contributed by atoms with Crippen LogP contribution in [0.25, 0.3) is 27.2 Å². The number of para-hydroxylation sites is 2. The second kappa shape index (κ2) is 11.0. The van der Waals surface area contributed by atoms with Crippen molar-refractivity contribution in [2.75, 3.05) is 11.9 Å². The van der Waals surface area contributed by atoms with Gasteiger partial charge in [0.2, 0.25) is 0 Å². The number of nitrogens with zero attached hydrogens (tertiary/aromatic N) is 3. The number of aromatic nitrogens is 3. The summed E-state index contributed by atoms with van der Waals surface area (Å²) in [6, 6.07) is 29.0. The third-order valence-electron chi connectivity index (χ3n) is 5.52. The van der Waals surface area contributed by atoms with Crippen molar-refractivity contribution in [3.63, 3.8) is 0 Å². The van der Waals surface area contributed by atoms with Gasteiger partial charge in [-0.3, -0.25) is 9.59 Å². The molecular formula is C28H24N4O3S. The summed E-state index contributed by atoms with van der Waals surface area (Å²) < 4.78 is 8.02. The molecule has 1 amide bonds. The Morgan fingerprint density at radius 2 is 1.64 bits per heavy atom. The van der Waals surface area contributed by atoms with Crippen LogP contribution in [0.1, 0.15) is 17.8 Å². The summed E-state index contributed by atoms with van der Waals surface area (Å²) in [7, 11) is 0. The second-order valence-corrected chi connectivity index (χ2v) is 9.28. The molecule has 0 aliphatic heterocycles. The fourth-order valence-electron chi connectivity index (χ4n) is 3.79. The highest BCUT2D eigenvalue weighted by atomic mass is 32.1. The zero-order valence-corrected chi connectivity index (χ0v) is 20.3. The van der Waals surface area contributed by atoms with E-state index in [9.17, 15) is 9.59 Å². The zero-order valence-electron chi connectivity index (χ0n) is 19.5. The Balaban J connectivity index is 1.17. The minimum Gasteiger partial charge on any atom is -0.456 e.